The average Bonchev–Trinajstić information content (AvgIpc) is 2.46. The van der Waals surface area contributed by atoms with Crippen LogP contribution in [0.1, 0.15) is 19.4 Å². The average molecular weight is 209 g/mol. The summed E-state index contributed by atoms with van der Waals surface area (Å²) in [7, 11) is 0. The molecule has 1 aliphatic heterocycles. The molecule has 0 bridgehead atoms. The van der Waals surface area contributed by atoms with Gasteiger partial charge in [-0.2, -0.15) is 0 Å². The molecule has 0 saturated carbocycles. The zero-order valence-electron chi connectivity index (χ0n) is 9.13. The zero-order chi connectivity index (χ0) is 11.1. The van der Waals surface area contributed by atoms with Crippen LogP contribution in [0, 0.1) is 5.82 Å². The summed E-state index contributed by atoms with van der Waals surface area (Å²) in [5.74, 6) is -0.212. The number of fused-ring (bicyclic) bond motifs is 1. The van der Waals surface area contributed by atoms with Gasteiger partial charge in [0.05, 0.1) is 5.60 Å². The van der Waals surface area contributed by atoms with E-state index >= 15 is 0 Å². The first kappa shape index (κ1) is 10.4. The van der Waals surface area contributed by atoms with Crippen molar-refractivity contribution in [2.24, 2.45) is 0 Å². The van der Waals surface area contributed by atoms with E-state index in [9.17, 15) is 9.50 Å². The van der Waals surface area contributed by atoms with Crippen molar-refractivity contribution in [1.29, 1.82) is 0 Å². The number of aliphatic hydroxyl groups is 1. The predicted octanol–water partition coefficient (Wildman–Crippen LogP) is 1.96. The lowest BCUT2D eigenvalue weighted by Gasteiger charge is -2.27. The van der Waals surface area contributed by atoms with E-state index in [2.05, 4.69) is 0 Å². The van der Waals surface area contributed by atoms with E-state index in [0.29, 0.717) is 6.54 Å². The summed E-state index contributed by atoms with van der Waals surface area (Å²) in [5.41, 5.74) is 1.35. The molecule has 82 valence electrons. The Balaban J connectivity index is 2.24. The van der Waals surface area contributed by atoms with Crippen LogP contribution in [-0.2, 0) is 6.42 Å². The molecule has 0 fully saturated rings. The fourth-order valence-electron chi connectivity index (χ4n) is 2.05. The van der Waals surface area contributed by atoms with Crippen molar-refractivity contribution < 1.29 is 9.50 Å². The highest BCUT2D eigenvalue weighted by molar-refractivity contribution is 5.58. The Hall–Kier alpha value is -1.09. The van der Waals surface area contributed by atoms with Gasteiger partial charge in [-0.3, -0.25) is 0 Å². The fourth-order valence-corrected chi connectivity index (χ4v) is 2.05. The molecular weight excluding hydrogens is 193 g/mol. The molecule has 0 aromatic heterocycles. The number of hydrogen-bond acceptors (Lipinski definition) is 2. The minimum absolute atomic E-state index is 0.212. The van der Waals surface area contributed by atoms with E-state index in [4.69, 9.17) is 0 Å². The third kappa shape index (κ3) is 2.29. The minimum atomic E-state index is -0.742. The lowest BCUT2D eigenvalue weighted by molar-refractivity contribution is 0.0878. The Kier molecular flexibility index (Phi) is 2.43. The fraction of sp³-hybridized carbons (Fsp3) is 0.500. The van der Waals surface area contributed by atoms with Gasteiger partial charge in [-0.25, -0.2) is 4.39 Å². The van der Waals surface area contributed by atoms with Crippen molar-refractivity contribution in [3.8, 4) is 0 Å². The number of benzene rings is 1. The summed E-state index contributed by atoms with van der Waals surface area (Å²) in [6.45, 7) is 4.95. The van der Waals surface area contributed by atoms with Gasteiger partial charge in [-0.1, -0.05) is 6.07 Å². The van der Waals surface area contributed by atoms with Crippen LogP contribution in [0.25, 0.3) is 0 Å². The number of nitrogens with zero attached hydrogens (tertiary/aromatic N) is 1. The van der Waals surface area contributed by atoms with Gasteiger partial charge in [-0.15, -0.1) is 0 Å². The van der Waals surface area contributed by atoms with Crippen LogP contribution < -0.4 is 4.90 Å². The Morgan fingerprint density at radius 2 is 2.20 bits per heavy atom. The summed E-state index contributed by atoms with van der Waals surface area (Å²) < 4.78 is 13.1. The largest absolute Gasteiger partial charge is 0.389 e. The molecule has 3 heteroatoms. The highest BCUT2D eigenvalue weighted by Crippen LogP contribution is 2.29. The monoisotopic (exact) mass is 209 g/mol. The van der Waals surface area contributed by atoms with Crippen molar-refractivity contribution in [3.05, 3.63) is 29.6 Å². The van der Waals surface area contributed by atoms with Crippen molar-refractivity contribution in [2.75, 3.05) is 18.0 Å². The van der Waals surface area contributed by atoms with Crippen LogP contribution in [0.15, 0.2) is 18.2 Å². The second kappa shape index (κ2) is 3.49. The Morgan fingerprint density at radius 3 is 2.87 bits per heavy atom. The smallest absolute Gasteiger partial charge is 0.125 e. The number of β-amino-alcohol motifs (C(OH)–C–C–N with tert-alkyl or cyclic N) is 1. The maximum absolute atomic E-state index is 13.1. The number of rotatable bonds is 2. The molecule has 0 aliphatic carbocycles. The summed E-state index contributed by atoms with van der Waals surface area (Å²) in [6.07, 6.45) is 0.936. The van der Waals surface area contributed by atoms with E-state index in [1.54, 1.807) is 19.9 Å². The van der Waals surface area contributed by atoms with Crippen LogP contribution in [0.3, 0.4) is 0 Å². The maximum atomic E-state index is 13.1. The van der Waals surface area contributed by atoms with Gasteiger partial charge in [0.1, 0.15) is 5.82 Å². The van der Waals surface area contributed by atoms with E-state index in [1.165, 1.54) is 11.6 Å². The molecule has 0 spiro atoms. The lowest BCUT2D eigenvalue weighted by Crippen LogP contribution is -2.37. The number of halogens is 1. The number of anilines is 1. The van der Waals surface area contributed by atoms with Gasteiger partial charge in [0.25, 0.3) is 0 Å². The molecule has 0 atom stereocenters. The van der Waals surface area contributed by atoms with Crippen LogP contribution in [0.4, 0.5) is 10.1 Å². The zero-order valence-corrected chi connectivity index (χ0v) is 9.13. The van der Waals surface area contributed by atoms with Crippen molar-refractivity contribution in [2.45, 2.75) is 25.9 Å². The van der Waals surface area contributed by atoms with Crippen molar-refractivity contribution in [3.63, 3.8) is 0 Å². The van der Waals surface area contributed by atoms with Crippen LogP contribution >= 0.6 is 0 Å². The van der Waals surface area contributed by atoms with Gasteiger partial charge in [-0.05, 0) is 38.0 Å². The Labute approximate surface area is 89.3 Å². The molecule has 0 saturated heterocycles. The molecule has 0 amide bonds. The van der Waals surface area contributed by atoms with Gasteiger partial charge in [0.15, 0.2) is 0 Å². The minimum Gasteiger partial charge on any atom is -0.389 e. The Morgan fingerprint density at radius 1 is 1.47 bits per heavy atom. The molecule has 2 nitrogen and oxygen atoms in total. The first-order valence-electron chi connectivity index (χ1n) is 5.21. The van der Waals surface area contributed by atoms with E-state index < -0.39 is 5.60 Å². The molecule has 1 aromatic rings. The maximum Gasteiger partial charge on any atom is 0.125 e. The second-order valence-electron chi connectivity index (χ2n) is 4.76. The lowest BCUT2D eigenvalue weighted by atomic mass is 10.1. The molecule has 2 rings (SSSR count). The summed E-state index contributed by atoms with van der Waals surface area (Å²) in [6, 6.07) is 4.87. The molecule has 1 N–H and O–H groups in total. The molecule has 0 unspecified atom stereocenters. The molecule has 0 radical (unpaired) electrons. The van der Waals surface area contributed by atoms with Crippen molar-refractivity contribution in [1.82, 2.24) is 0 Å². The van der Waals surface area contributed by atoms with Crippen molar-refractivity contribution >= 4 is 5.69 Å². The molecule has 1 heterocycles. The standard InChI is InChI=1S/C12H16FNO/c1-12(2,15)8-14-6-5-9-3-4-10(13)7-11(9)14/h3-4,7,15H,5-6,8H2,1-2H3. The van der Waals surface area contributed by atoms with Gasteiger partial charge >= 0.3 is 0 Å². The van der Waals surface area contributed by atoms with E-state index in [0.717, 1.165) is 18.7 Å². The first-order chi connectivity index (χ1) is 6.96. The van der Waals surface area contributed by atoms with Gasteiger partial charge in [0, 0.05) is 18.8 Å². The SMILES string of the molecule is CC(C)(O)CN1CCc2ccc(F)cc21. The van der Waals surface area contributed by atoms with Gasteiger partial charge < -0.3 is 10.0 Å². The molecule has 15 heavy (non-hydrogen) atoms. The molecule has 1 aliphatic rings. The summed E-state index contributed by atoms with van der Waals surface area (Å²) in [5, 5.41) is 9.74. The highest BCUT2D eigenvalue weighted by Gasteiger charge is 2.24. The third-order valence-corrected chi connectivity index (χ3v) is 2.62. The first-order valence-corrected chi connectivity index (χ1v) is 5.21. The van der Waals surface area contributed by atoms with E-state index in [1.807, 2.05) is 11.0 Å². The van der Waals surface area contributed by atoms with Crippen LogP contribution in [0.5, 0.6) is 0 Å². The predicted molar refractivity (Wildman–Crippen MR) is 58.6 cm³/mol. The number of hydrogen-bond donors (Lipinski definition) is 1. The highest BCUT2D eigenvalue weighted by atomic mass is 19.1. The molecular formula is C12H16FNO. The molecule has 1 aromatic carbocycles. The third-order valence-electron chi connectivity index (χ3n) is 2.62. The summed E-state index contributed by atoms with van der Waals surface area (Å²) >= 11 is 0. The topological polar surface area (TPSA) is 23.5 Å². The quantitative estimate of drug-likeness (QED) is 0.804. The Bertz CT molecular complexity index is 370. The summed E-state index contributed by atoms with van der Waals surface area (Å²) in [4.78, 5) is 2.04. The normalized spacial score (nSPS) is 15.6. The van der Waals surface area contributed by atoms with Gasteiger partial charge in [0.2, 0.25) is 0 Å². The van der Waals surface area contributed by atoms with Crippen LogP contribution in [0.2, 0.25) is 0 Å². The second-order valence-corrected chi connectivity index (χ2v) is 4.76. The van der Waals surface area contributed by atoms with E-state index in [-0.39, 0.29) is 5.82 Å². The van der Waals surface area contributed by atoms with Crippen LogP contribution in [-0.4, -0.2) is 23.8 Å².